The lowest BCUT2D eigenvalue weighted by Gasteiger charge is -2.11. The lowest BCUT2D eigenvalue weighted by Crippen LogP contribution is -2.06. The topological polar surface area (TPSA) is 42.2 Å². The first kappa shape index (κ1) is 15.3. The fraction of sp³-hybridized carbons (Fsp3) is 0.250. The second-order valence-corrected chi connectivity index (χ2v) is 5.93. The molecule has 0 amide bonds. The molecule has 0 bridgehead atoms. The van der Waals surface area contributed by atoms with E-state index in [4.69, 9.17) is 4.42 Å². The van der Waals surface area contributed by atoms with Gasteiger partial charge in [0.2, 0.25) is 0 Å². The highest BCUT2D eigenvalue weighted by Crippen LogP contribution is 2.21. The van der Waals surface area contributed by atoms with E-state index < -0.39 is 0 Å². The summed E-state index contributed by atoms with van der Waals surface area (Å²) in [5.74, 6) is 0. The molecule has 0 radical (unpaired) electrons. The van der Waals surface area contributed by atoms with Gasteiger partial charge in [0.15, 0.2) is 0 Å². The van der Waals surface area contributed by atoms with Crippen molar-refractivity contribution >= 4 is 16.7 Å². The Morgan fingerprint density at radius 2 is 1.83 bits per heavy atom. The third-order valence-electron chi connectivity index (χ3n) is 4.29. The molecule has 0 aliphatic heterocycles. The van der Waals surface area contributed by atoms with Crippen LogP contribution in [0.4, 0.5) is 5.69 Å². The fourth-order valence-corrected chi connectivity index (χ4v) is 2.69. The highest BCUT2D eigenvalue weighted by atomic mass is 16.4. The average Bonchev–Trinajstić information content (AvgIpc) is 2.54. The molecule has 3 rings (SSSR count). The van der Waals surface area contributed by atoms with Gasteiger partial charge in [-0.15, -0.1) is 0 Å². The van der Waals surface area contributed by atoms with Crippen molar-refractivity contribution in [3.63, 3.8) is 0 Å². The van der Waals surface area contributed by atoms with Crippen LogP contribution in [-0.2, 0) is 13.0 Å². The van der Waals surface area contributed by atoms with E-state index in [1.54, 1.807) is 6.07 Å². The van der Waals surface area contributed by atoms with Crippen LogP contribution >= 0.6 is 0 Å². The zero-order chi connectivity index (χ0) is 16.4. The number of fused-ring (bicyclic) bond motifs is 1. The first-order chi connectivity index (χ1) is 11.1. The summed E-state index contributed by atoms with van der Waals surface area (Å²) in [5.41, 5.74) is 6.06. The molecule has 1 heterocycles. The quantitative estimate of drug-likeness (QED) is 0.717. The molecule has 0 aliphatic rings. The number of nitrogens with one attached hydrogen (secondary N) is 1. The van der Waals surface area contributed by atoms with E-state index in [9.17, 15) is 4.79 Å². The molecule has 0 fully saturated rings. The highest BCUT2D eigenvalue weighted by molar-refractivity contribution is 5.81. The van der Waals surface area contributed by atoms with E-state index in [2.05, 4.69) is 50.4 Å². The standard InChI is InChI=1S/C20H21NO2/c1-4-15-6-8-18-16(11-20(22)23-19(18)10-15)12-21-17-7-5-13(2)14(3)9-17/h5-11,21H,4,12H2,1-3H3. The third kappa shape index (κ3) is 3.29. The Bertz CT molecular complexity index is 909. The number of hydrogen-bond acceptors (Lipinski definition) is 3. The molecule has 3 aromatic rings. The van der Waals surface area contributed by atoms with E-state index >= 15 is 0 Å². The van der Waals surface area contributed by atoms with Crippen molar-refractivity contribution in [3.05, 3.63) is 75.1 Å². The summed E-state index contributed by atoms with van der Waals surface area (Å²) in [6, 6.07) is 13.9. The molecule has 0 spiro atoms. The lowest BCUT2D eigenvalue weighted by molar-refractivity contribution is 0.559. The number of aryl methyl sites for hydroxylation is 3. The molecule has 1 aromatic heterocycles. The number of benzene rings is 2. The molecule has 23 heavy (non-hydrogen) atoms. The summed E-state index contributed by atoms with van der Waals surface area (Å²) in [6.45, 7) is 6.88. The van der Waals surface area contributed by atoms with Crippen molar-refractivity contribution in [2.24, 2.45) is 0 Å². The summed E-state index contributed by atoms with van der Waals surface area (Å²) in [4.78, 5) is 11.8. The Labute approximate surface area is 136 Å². The molecule has 0 unspecified atom stereocenters. The maximum Gasteiger partial charge on any atom is 0.336 e. The van der Waals surface area contributed by atoms with Crippen LogP contribution in [0.1, 0.15) is 29.2 Å². The summed E-state index contributed by atoms with van der Waals surface area (Å²) in [6.07, 6.45) is 0.921. The van der Waals surface area contributed by atoms with Gasteiger partial charge in [0.1, 0.15) is 5.58 Å². The first-order valence-electron chi connectivity index (χ1n) is 7.93. The van der Waals surface area contributed by atoms with Crippen LogP contribution in [0.5, 0.6) is 0 Å². The molecule has 0 aliphatic carbocycles. The van der Waals surface area contributed by atoms with E-state index in [0.29, 0.717) is 12.1 Å². The van der Waals surface area contributed by atoms with Crippen LogP contribution in [0.25, 0.3) is 11.0 Å². The van der Waals surface area contributed by atoms with Crippen LogP contribution < -0.4 is 10.9 Å². The number of rotatable bonds is 4. The Morgan fingerprint density at radius 1 is 1.00 bits per heavy atom. The number of hydrogen-bond donors (Lipinski definition) is 1. The molecule has 1 N–H and O–H groups in total. The average molecular weight is 307 g/mol. The summed E-state index contributed by atoms with van der Waals surface area (Å²) in [7, 11) is 0. The van der Waals surface area contributed by atoms with Gasteiger partial charge in [-0.1, -0.05) is 25.1 Å². The second-order valence-electron chi connectivity index (χ2n) is 5.93. The zero-order valence-electron chi connectivity index (χ0n) is 13.8. The van der Waals surface area contributed by atoms with Gasteiger partial charge in [-0.2, -0.15) is 0 Å². The van der Waals surface area contributed by atoms with Crippen LogP contribution in [0.15, 0.2) is 51.7 Å². The monoisotopic (exact) mass is 307 g/mol. The van der Waals surface area contributed by atoms with Crippen molar-refractivity contribution in [1.29, 1.82) is 0 Å². The van der Waals surface area contributed by atoms with Crippen LogP contribution in [0.3, 0.4) is 0 Å². The molecule has 0 saturated heterocycles. The maximum absolute atomic E-state index is 11.8. The minimum atomic E-state index is -0.303. The first-order valence-corrected chi connectivity index (χ1v) is 7.93. The van der Waals surface area contributed by atoms with Crippen LogP contribution in [0.2, 0.25) is 0 Å². The van der Waals surface area contributed by atoms with Crippen LogP contribution in [0, 0.1) is 13.8 Å². The molecule has 3 heteroatoms. The Balaban J connectivity index is 1.93. The van der Waals surface area contributed by atoms with E-state index in [0.717, 1.165) is 23.1 Å². The van der Waals surface area contributed by atoms with Gasteiger partial charge in [0, 0.05) is 23.7 Å². The molecule has 0 atom stereocenters. The summed E-state index contributed by atoms with van der Waals surface area (Å²) < 4.78 is 5.35. The van der Waals surface area contributed by atoms with E-state index in [-0.39, 0.29) is 5.63 Å². The largest absolute Gasteiger partial charge is 0.423 e. The van der Waals surface area contributed by atoms with Gasteiger partial charge < -0.3 is 9.73 Å². The lowest BCUT2D eigenvalue weighted by atomic mass is 10.1. The molecular formula is C20H21NO2. The normalized spacial score (nSPS) is 10.9. The SMILES string of the molecule is CCc1ccc2c(CNc3ccc(C)c(C)c3)cc(=O)oc2c1. The molecule has 0 saturated carbocycles. The predicted octanol–water partition coefficient (Wildman–Crippen LogP) is 4.58. The van der Waals surface area contributed by atoms with Crippen molar-refractivity contribution in [3.8, 4) is 0 Å². The van der Waals surface area contributed by atoms with Crippen molar-refractivity contribution in [1.82, 2.24) is 0 Å². The smallest absolute Gasteiger partial charge is 0.336 e. The fourth-order valence-electron chi connectivity index (χ4n) is 2.69. The van der Waals surface area contributed by atoms with Crippen LogP contribution in [-0.4, -0.2) is 0 Å². The van der Waals surface area contributed by atoms with Gasteiger partial charge in [-0.3, -0.25) is 0 Å². The van der Waals surface area contributed by atoms with Gasteiger partial charge in [-0.25, -0.2) is 4.79 Å². The van der Waals surface area contributed by atoms with Crippen molar-refractivity contribution in [2.75, 3.05) is 5.32 Å². The molecule has 118 valence electrons. The Morgan fingerprint density at radius 3 is 2.57 bits per heavy atom. The summed E-state index contributed by atoms with van der Waals surface area (Å²) >= 11 is 0. The third-order valence-corrected chi connectivity index (χ3v) is 4.29. The van der Waals surface area contributed by atoms with Gasteiger partial charge >= 0.3 is 5.63 Å². The van der Waals surface area contributed by atoms with E-state index in [1.807, 2.05) is 12.1 Å². The summed E-state index contributed by atoms with van der Waals surface area (Å²) in [5, 5.41) is 4.38. The molecule has 3 nitrogen and oxygen atoms in total. The Hall–Kier alpha value is -2.55. The number of anilines is 1. The van der Waals surface area contributed by atoms with Crippen molar-refractivity contribution < 1.29 is 4.42 Å². The van der Waals surface area contributed by atoms with Gasteiger partial charge in [0.25, 0.3) is 0 Å². The van der Waals surface area contributed by atoms with Crippen molar-refractivity contribution in [2.45, 2.75) is 33.7 Å². The zero-order valence-corrected chi connectivity index (χ0v) is 13.8. The van der Waals surface area contributed by atoms with E-state index in [1.165, 1.54) is 16.7 Å². The predicted molar refractivity (Wildman–Crippen MR) is 95.1 cm³/mol. The minimum absolute atomic E-state index is 0.303. The molecular weight excluding hydrogens is 286 g/mol. The highest BCUT2D eigenvalue weighted by Gasteiger charge is 2.07. The molecule has 2 aromatic carbocycles. The van der Waals surface area contributed by atoms with Gasteiger partial charge in [-0.05, 0) is 60.7 Å². The van der Waals surface area contributed by atoms with Gasteiger partial charge in [0.05, 0.1) is 0 Å². The Kier molecular flexibility index (Phi) is 4.20. The minimum Gasteiger partial charge on any atom is -0.423 e. The maximum atomic E-state index is 11.8. The second kappa shape index (κ2) is 6.29.